The second kappa shape index (κ2) is 6.39. The van der Waals surface area contributed by atoms with Gasteiger partial charge in [0.05, 0.1) is 11.6 Å². The van der Waals surface area contributed by atoms with Gasteiger partial charge in [-0.15, -0.1) is 0 Å². The molecule has 0 aliphatic carbocycles. The summed E-state index contributed by atoms with van der Waals surface area (Å²) in [5, 5.41) is 4.13. The Morgan fingerprint density at radius 2 is 2.30 bits per heavy atom. The minimum Gasteiger partial charge on any atom is -0.383 e. The number of nitrogens with zero attached hydrogens (tertiary/aromatic N) is 3. The molecule has 0 bridgehead atoms. The third kappa shape index (κ3) is 3.20. The molecular weight excluding hydrogens is 318 g/mol. The Morgan fingerprint density at radius 1 is 1.48 bits per heavy atom. The minimum atomic E-state index is -0.242. The van der Waals surface area contributed by atoms with Crippen molar-refractivity contribution in [1.82, 2.24) is 20.2 Å². The number of aliphatic imine (C=N–C) groups is 1. The van der Waals surface area contributed by atoms with Crippen molar-refractivity contribution in [3.05, 3.63) is 34.7 Å². The number of hydrogen-bond donors (Lipinski definition) is 2. The van der Waals surface area contributed by atoms with Crippen molar-refractivity contribution in [3.8, 4) is 0 Å². The number of nitrogens with one attached hydrogen (secondary N) is 2. The van der Waals surface area contributed by atoms with Crippen LogP contribution in [0.5, 0.6) is 0 Å². The summed E-state index contributed by atoms with van der Waals surface area (Å²) < 4.78 is 5.02. The smallest absolute Gasteiger partial charge is 0.276 e. The molecule has 7 nitrogen and oxygen atoms in total. The van der Waals surface area contributed by atoms with Crippen molar-refractivity contribution in [3.63, 3.8) is 0 Å². The highest BCUT2D eigenvalue weighted by molar-refractivity contribution is 6.31. The van der Waals surface area contributed by atoms with Crippen LogP contribution in [0.25, 0.3) is 17.1 Å². The highest BCUT2D eigenvalue weighted by Crippen LogP contribution is 2.23. The van der Waals surface area contributed by atoms with Gasteiger partial charge in [0, 0.05) is 44.0 Å². The maximum atomic E-state index is 12.1. The third-order valence-corrected chi connectivity index (χ3v) is 3.71. The molecule has 0 saturated heterocycles. The SMILES string of the molecule is COCCN(C)C1=NC(=Cc2c[nH]c3ncc(Cl)cc23)C(=O)N1. The first-order chi connectivity index (χ1) is 11.1. The average molecular weight is 334 g/mol. The summed E-state index contributed by atoms with van der Waals surface area (Å²) in [7, 11) is 3.47. The maximum absolute atomic E-state index is 12.1. The summed E-state index contributed by atoms with van der Waals surface area (Å²) in [6, 6.07) is 1.80. The number of pyridine rings is 1. The molecule has 2 aromatic heterocycles. The van der Waals surface area contributed by atoms with Gasteiger partial charge in [-0.25, -0.2) is 9.98 Å². The molecule has 1 aliphatic heterocycles. The van der Waals surface area contributed by atoms with Gasteiger partial charge in [-0.2, -0.15) is 0 Å². The van der Waals surface area contributed by atoms with Gasteiger partial charge in [0.2, 0.25) is 5.96 Å². The monoisotopic (exact) mass is 333 g/mol. The summed E-state index contributed by atoms with van der Waals surface area (Å²) >= 11 is 5.98. The highest BCUT2D eigenvalue weighted by Gasteiger charge is 2.22. The first-order valence-corrected chi connectivity index (χ1v) is 7.40. The molecule has 3 rings (SSSR count). The molecule has 0 radical (unpaired) electrons. The normalized spacial score (nSPS) is 16.0. The zero-order valence-electron chi connectivity index (χ0n) is 12.8. The number of ether oxygens (including phenoxy) is 1. The van der Waals surface area contributed by atoms with Crippen LogP contribution in [-0.2, 0) is 9.53 Å². The zero-order chi connectivity index (χ0) is 16.4. The molecule has 0 atom stereocenters. The topological polar surface area (TPSA) is 82.6 Å². The molecule has 0 saturated carbocycles. The second-order valence-electron chi connectivity index (χ2n) is 5.13. The van der Waals surface area contributed by atoms with Crippen molar-refractivity contribution in [2.75, 3.05) is 27.3 Å². The lowest BCUT2D eigenvalue weighted by molar-refractivity contribution is -0.115. The number of H-pyrrole nitrogens is 1. The Labute approximate surface area is 138 Å². The quantitative estimate of drug-likeness (QED) is 0.833. The van der Waals surface area contributed by atoms with Gasteiger partial charge in [0.1, 0.15) is 11.3 Å². The molecule has 1 aliphatic rings. The Balaban J connectivity index is 1.90. The fourth-order valence-corrected chi connectivity index (χ4v) is 2.39. The van der Waals surface area contributed by atoms with Crippen LogP contribution in [0.1, 0.15) is 5.56 Å². The van der Waals surface area contributed by atoms with Crippen LogP contribution in [0.3, 0.4) is 0 Å². The number of amides is 1. The van der Waals surface area contributed by atoms with Crippen LogP contribution in [0.15, 0.2) is 29.1 Å². The van der Waals surface area contributed by atoms with Gasteiger partial charge in [-0.3, -0.25) is 10.1 Å². The van der Waals surface area contributed by atoms with Crippen LogP contribution in [-0.4, -0.2) is 54.0 Å². The van der Waals surface area contributed by atoms with Crippen LogP contribution in [0.2, 0.25) is 5.02 Å². The van der Waals surface area contributed by atoms with E-state index >= 15 is 0 Å². The lowest BCUT2D eigenvalue weighted by Gasteiger charge is -2.16. The summed E-state index contributed by atoms with van der Waals surface area (Å²) in [5.74, 6) is 0.267. The number of halogens is 1. The summed E-state index contributed by atoms with van der Waals surface area (Å²) in [6.07, 6.45) is 5.06. The standard InChI is InChI=1S/C15H16ClN5O2/c1-21(3-4-23-2)15-19-12(14(22)20-15)5-9-7-17-13-11(9)6-10(16)8-18-13/h5-8H,3-4H2,1-2H3,(H,17,18)(H,19,20,22). The van der Waals surface area contributed by atoms with Gasteiger partial charge in [0.15, 0.2) is 0 Å². The number of likely N-dealkylation sites (N-methyl/N-ethyl adjacent to an activating group) is 1. The lowest BCUT2D eigenvalue weighted by Crippen LogP contribution is -2.39. The van der Waals surface area contributed by atoms with Gasteiger partial charge in [0.25, 0.3) is 5.91 Å². The molecule has 120 valence electrons. The molecule has 8 heteroatoms. The fraction of sp³-hybridized carbons (Fsp3) is 0.267. The van der Waals surface area contributed by atoms with Crippen LogP contribution >= 0.6 is 11.6 Å². The Hall–Kier alpha value is -2.38. The number of fused-ring (bicyclic) bond motifs is 1. The molecule has 2 aromatic rings. The van der Waals surface area contributed by atoms with Gasteiger partial charge in [-0.05, 0) is 12.1 Å². The highest BCUT2D eigenvalue weighted by atomic mass is 35.5. The van der Waals surface area contributed by atoms with Crippen molar-refractivity contribution in [2.24, 2.45) is 4.99 Å². The van der Waals surface area contributed by atoms with E-state index in [4.69, 9.17) is 16.3 Å². The summed E-state index contributed by atoms with van der Waals surface area (Å²) in [5.41, 5.74) is 1.86. The van der Waals surface area contributed by atoms with E-state index < -0.39 is 0 Å². The van der Waals surface area contributed by atoms with E-state index in [1.54, 1.807) is 31.6 Å². The van der Waals surface area contributed by atoms with E-state index in [1.807, 2.05) is 11.9 Å². The van der Waals surface area contributed by atoms with Crippen molar-refractivity contribution in [2.45, 2.75) is 0 Å². The number of hydrogen-bond acceptors (Lipinski definition) is 5. The van der Waals surface area contributed by atoms with Gasteiger partial charge < -0.3 is 14.6 Å². The molecule has 0 unspecified atom stereocenters. The first-order valence-electron chi connectivity index (χ1n) is 7.03. The van der Waals surface area contributed by atoms with Crippen molar-refractivity contribution < 1.29 is 9.53 Å². The van der Waals surface area contributed by atoms with Crippen molar-refractivity contribution in [1.29, 1.82) is 0 Å². The second-order valence-corrected chi connectivity index (χ2v) is 5.56. The predicted molar refractivity (Wildman–Crippen MR) is 89.2 cm³/mol. The Morgan fingerprint density at radius 3 is 3.09 bits per heavy atom. The molecule has 2 N–H and O–H groups in total. The molecule has 23 heavy (non-hydrogen) atoms. The Kier molecular flexibility index (Phi) is 4.31. The Bertz CT molecular complexity index is 811. The van der Waals surface area contributed by atoms with Crippen LogP contribution < -0.4 is 5.32 Å². The van der Waals surface area contributed by atoms with E-state index in [9.17, 15) is 4.79 Å². The van der Waals surface area contributed by atoms with E-state index in [1.165, 1.54) is 0 Å². The zero-order valence-corrected chi connectivity index (χ0v) is 13.5. The van der Waals surface area contributed by atoms with Crippen molar-refractivity contribution >= 4 is 40.6 Å². The van der Waals surface area contributed by atoms with Gasteiger partial charge in [-0.1, -0.05) is 11.6 Å². The van der Waals surface area contributed by atoms with E-state index in [-0.39, 0.29) is 5.91 Å². The molecule has 0 aromatic carbocycles. The minimum absolute atomic E-state index is 0.242. The van der Waals surface area contributed by atoms with Crippen LogP contribution in [0.4, 0.5) is 0 Å². The molecule has 3 heterocycles. The number of carbonyl (C=O) groups is 1. The lowest BCUT2D eigenvalue weighted by atomic mass is 10.2. The number of guanidine groups is 1. The number of rotatable bonds is 4. The predicted octanol–water partition coefficient (Wildman–Crippen LogP) is 1.62. The van der Waals surface area contributed by atoms with E-state index in [0.29, 0.717) is 35.5 Å². The van der Waals surface area contributed by atoms with Gasteiger partial charge >= 0.3 is 0 Å². The number of methoxy groups -OCH3 is 1. The number of aromatic nitrogens is 2. The number of carbonyl (C=O) groups excluding carboxylic acids is 1. The largest absolute Gasteiger partial charge is 0.383 e. The van der Waals surface area contributed by atoms with Crippen LogP contribution in [0, 0.1) is 0 Å². The molecule has 1 amide bonds. The molecule has 0 spiro atoms. The summed E-state index contributed by atoms with van der Waals surface area (Å²) in [6.45, 7) is 1.19. The summed E-state index contributed by atoms with van der Waals surface area (Å²) in [4.78, 5) is 25.5. The maximum Gasteiger partial charge on any atom is 0.276 e. The first kappa shape index (κ1) is 15.5. The molecule has 0 fully saturated rings. The number of aromatic amines is 1. The average Bonchev–Trinajstić information content (AvgIpc) is 3.09. The van der Waals surface area contributed by atoms with E-state index in [2.05, 4.69) is 20.3 Å². The van der Waals surface area contributed by atoms with E-state index in [0.717, 1.165) is 10.9 Å². The molecular formula is C15H16ClN5O2. The third-order valence-electron chi connectivity index (χ3n) is 3.50. The fourth-order valence-electron chi connectivity index (χ4n) is 2.24.